The van der Waals surface area contributed by atoms with E-state index < -0.39 is 0 Å². The molecule has 3 N–H and O–H groups in total. The predicted molar refractivity (Wildman–Crippen MR) is 83.0 cm³/mol. The van der Waals surface area contributed by atoms with Crippen LogP contribution < -0.4 is 11.1 Å². The molecule has 0 fully saturated rings. The summed E-state index contributed by atoms with van der Waals surface area (Å²) >= 11 is 15.3. The van der Waals surface area contributed by atoms with Crippen LogP contribution in [0.3, 0.4) is 0 Å². The molecule has 19 heavy (non-hydrogen) atoms. The molecule has 0 saturated carbocycles. The van der Waals surface area contributed by atoms with Crippen molar-refractivity contribution < 1.29 is 4.39 Å². The number of nitrogens with one attached hydrogen (secondary N) is 1. The van der Waals surface area contributed by atoms with Gasteiger partial charge in [-0.25, -0.2) is 4.39 Å². The summed E-state index contributed by atoms with van der Waals surface area (Å²) in [4.78, 5) is 0. The number of hydrogen-bond acceptors (Lipinski definition) is 2. The van der Waals surface area contributed by atoms with Crippen LogP contribution >= 0.6 is 39.1 Å². The Morgan fingerprint density at radius 2 is 1.74 bits per heavy atom. The van der Waals surface area contributed by atoms with Gasteiger partial charge in [0.25, 0.3) is 0 Å². The van der Waals surface area contributed by atoms with Crippen LogP contribution in [0.15, 0.2) is 28.7 Å². The topological polar surface area (TPSA) is 38.0 Å². The molecular weight excluding hydrogens is 354 g/mol. The van der Waals surface area contributed by atoms with Gasteiger partial charge in [-0.1, -0.05) is 23.2 Å². The average Bonchev–Trinajstić information content (AvgIpc) is 2.29. The Balaban J connectivity index is 2.45. The highest BCUT2D eigenvalue weighted by Crippen LogP contribution is 2.36. The van der Waals surface area contributed by atoms with Crippen molar-refractivity contribution in [3.05, 3.63) is 50.2 Å². The van der Waals surface area contributed by atoms with Crippen molar-refractivity contribution in [1.29, 1.82) is 0 Å². The van der Waals surface area contributed by atoms with Gasteiger partial charge in [-0.2, -0.15) is 0 Å². The first kappa shape index (κ1) is 14.4. The number of nitrogen functional groups attached to an aromatic ring is 1. The third-order valence-corrected chi connectivity index (χ3v) is 3.80. The van der Waals surface area contributed by atoms with Gasteiger partial charge in [0.15, 0.2) is 0 Å². The second-order valence-electron chi connectivity index (χ2n) is 4.07. The van der Waals surface area contributed by atoms with Gasteiger partial charge < -0.3 is 11.1 Å². The summed E-state index contributed by atoms with van der Waals surface area (Å²) in [5, 5.41) is 3.79. The van der Waals surface area contributed by atoms with Crippen molar-refractivity contribution in [3.63, 3.8) is 0 Å². The minimum atomic E-state index is -0.365. The summed E-state index contributed by atoms with van der Waals surface area (Å²) in [5.41, 5.74) is 8.06. The van der Waals surface area contributed by atoms with E-state index in [9.17, 15) is 4.39 Å². The second kappa shape index (κ2) is 5.57. The lowest BCUT2D eigenvalue weighted by atomic mass is 10.2. The molecule has 0 aliphatic heterocycles. The van der Waals surface area contributed by atoms with Crippen LogP contribution in [-0.2, 0) is 0 Å². The van der Waals surface area contributed by atoms with E-state index >= 15 is 0 Å². The highest BCUT2D eigenvalue weighted by atomic mass is 79.9. The van der Waals surface area contributed by atoms with E-state index in [4.69, 9.17) is 28.9 Å². The highest BCUT2D eigenvalue weighted by molar-refractivity contribution is 9.10. The van der Waals surface area contributed by atoms with E-state index in [1.165, 1.54) is 6.07 Å². The van der Waals surface area contributed by atoms with Gasteiger partial charge in [0.05, 0.1) is 20.2 Å². The first-order valence-electron chi connectivity index (χ1n) is 5.35. The van der Waals surface area contributed by atoms with Crippen LogP contribution in [0.5, 0.6) is 0 Å². The quantitative estimate of drug-likeness (QED) is 0.688. The Morgan fingerprint density at radius 3 is 2.32 bits per heavy atom. The third-order valence-electron chi connectivity index (χ3n) is 2.59. The molecule has 0 unspecified atom stereocenters. The van der Waals surface area contributed by atoms with Crippen LogP contribution in [-0.4, -0.2) is 0 Å². The fraction of sp³-hybridized carbons (Fsp3) is 0.0769. The predicted octanol–water partition coefficient (Wildman–Crippen LogP) is 5.53. The molecule has 0 radical (unpaired) electrons. The molecule has 0 aliphatic carbocycles. The van der Waals surface area contributed by atoms with Crippen molar-refractivity contribution >= 4 is 56.2 Å². The minimum absolute atomic E-state index is 0.365. The first-order valence-corrected chi connectivity index (χ1v) is 6.90. The summed E-state index contributed by atoms with van der Waals surface area (Å²) in [7, 11) is 0. The Kier molecular flexibility index (Phi) is 4.23. The van der Waals surface area contributed by atoms with Gasteiger partial charge in [-0.05, 0) is 52.7 Å². The molecule has 0 bridgehead atoms. The molecule has 0 aliphatic rings. The van der Waals surface area contributed by atoms with Gasteiger partial charge in [0.2, 0.25) is 0 Å². The largest absolute Gasteiger partial charge is 0.399 e. The van der Waals surface area contributed by atoms with Gasteiger partial charge in [0, 0.05) is 11.4 Å². The van der Waals surface area contributed by atoms with Crippen molar-refractivity contribution in [1.82, 2.24) is 0 Å². The molecule has 2 aromatic carbocycles. The second-order valence-corrected chi connectivity index (χ2v) is 5.73. The number of benzene rings is 2. The Hall–Kier alpha value is -0.970. The van der Waals surface area contributed by atoms with Gasteiger partial charge in [-0.3, -0.25) is 0 Å². The summed E-state index contributed by atoms with van der Waals surface area (Å²) < 4.78 is 14.0. The molecule has 0 amide bonds. The maximum atomic E-state index is 13.6. The van der Waals surface area contributed by atoms with E-state index in [0.29, 0.717) is 31.6 Å². The van der Waals surface area contributed by atoms with Gasteiger partial charge in [0.1, 0.15) is 5.82 Å². The lowest BCUT2D eigenvalue weighted by Crippen LogP contribution is -1.97. The number of nitrogens with two attached hydrogens (primary N) is 1. The van der Waals surface area contributed by atoms with Crippen LogP contribution in [0.4, 0.5) is 21.5 Å². The van der Waals surface area contributed by atoms with Crippen molar-refractivity contribution in [3.8, 4) is 0 Å². The standard InChI is InChI=1S/C13H10BrCl2FN2/c1-6-2-8(14)11(17)5-12(6)19-13-9(15)3-7(18)4-10(13)16/h2-5,19H,18H2,1H3. The van der Waals surface area contributed by atoms with E-state index in [2.05, 4.69) is 21.2 Å². The molecule has 2 nitrogen and oxygen atoms in total. The summed E-state index contributed by atoms with van der Waals surface area (Å²) in [6.07, 6.45) is 0. The highest BCUT2D eigenvalue weighted by Gasteiger charge is 2.11. The monoisotopic (exact) mass is 362 g/mol. The normalized spacial score (nSPS) is 10.6. The molecular formula is C13H10BrCl2FN2. The maximum absolute atomic E-state index is 13.6. The van der Waals surface area contributed by atoms with E-state index in [1.54, 1.807) is 18.2 Å². The van der Waals surface area contributed by atoms with Crippen LogP contribution in [0.1, 0.15) is 5.56 Å². The third kappa shape index (κ3) is 3.14. The molecule has 0 aromatic heterocycles. The molecule has 0 spiro atoms. The number of rotatable bonds is 2. The van der Waals surface area contributed by atoms with Crippen molar-refractivity contribution in [2.24, 2.45) is 0 Å². The lowest BCUT2D eigenvalue weighted by Gasteiger charge is -2.14. The number of halogens is 4. The van der Waals surface area contributed by atoms with Crippen LogP contribution in [0, 0.1) is 12.7 Å². The van der Waals surface area contributed by atoms with E-state index in [0.717, 1.165) is 5.56 Å². The average molecular weight is 364 g/mol. The molecule has 0 atom stereocenters. The molecule has 6 heteroatoms. The fourth-order valence-electron chi connectivity index (χ4n) is 1.63. The molecule has 0 saturated heterocycles. The Labute approximate surface area is 128 Å². The first-order chi connectivity index (χ1) is 8.88. The van der Waals surface area contributed by atoms with Gasteiger partial charge >= 0.3 is 0 Å². The summed E-state index contributed by atoms with van der Waals surface area (Å²) in [6.45, 7) is 1.85. The zero-order valence-electron chi connectivity index (χ0n) is 9.90. The Morgan fingerprint density at radius 1 is 1.16 bits per heavy atom. The summed E-state index contributed by atoms with van der Waals surface area (Å²) in [6, 6.07) is 6.22. The van der Waals surface area contributed by atoms with E-state index in [-0.39, 0.29) is 5.82 Å². The van der Waals surface area contributed by atoms with Crippen molar-refractivity contribution in [2.75, 3.05) is 11.1 Å². The zero-order chi connectivity index (χ0) is 14.2. The van der Waals surface area contributed by atoms with Crippen LogP contribution in [0.25, 0.3) is 0 Å². The summed E-state index contributed by atoms with van der Waals surface area (Å²) in [5.74, 6) is -0.365. The smallest absolute Gasteiger partial charge is 0.139 e. The maximum Gasteiger partial charge on any atom is 0.139 e. The molecule has 2 rings (SSSR count). The lowest BCUT2D eigenvalue weighted by molar-refractivity contribution is 0.621. The SMILES string of the molecule is Cc1cc(Br)c(F)cc1Nc1c(Cl)cc(N)cc1Cl. The number of aryl methyl sites for hydroxylation is 1. The zero-order valence-corrected chi connectivity index (χ0v) is 13.0. The molecule has 100 valence electrons. The fourth-order valence-corrected chi connectivity index (χ4v) is 2.68. The van der Waals surface area contributed by atoms with Gasteiger partial charge in [-0.15, -0.1) is 0 Å². The van der Waals surface area contributed by atoms with Crippen LogP contribution in [0.2, 0.25) is 10.0 Å². The van der Waals surface area contributed by atoms with Crippen molar-refractivity contribution in [2.45, 2.75) is 6.92 Å². The Bertz CT molecular complexity index is 624. The van der Waals surface area contributed by atoms with E-state index in [1.807, 2.05) is 6.92 Å². The number of anilines is 3. The molecule has 0 heterocycles. The number of hydrogen-bond donors (Lipinski definition) is 2. The minimum Gasteiger partial charge on any atom is -0.399 e. The molecule has 2 aromatic rings.